The van der Waals surface area contributed by atoms with Crippen LogP contribution in [0.5, 0.6) is 0 Å². The fourth-order valence-electron chi connectivity index (χ4n) is 1.07. The molecule has 0 aliphatic heterocycles. The predicted octanol–water partition coefficient (Wildman–Crippen LogP) is 2.33. The fraction of sp³-hybridized carbons (Fsp3) is 0.300. The average molecular weight is 250 g/mol. The van der Waals surface area contributed by atoms with Crippen LogP contribution >= 0.6 is 24.0 Å². The molecule has 84 valence electrons. The molecule has 0 atom stereocenters. The SMILES string of the molecule is Cl.O=C(O)CCNCc1cccc(Cl)c1. The van der Waals surface area contributed by atoms with Crippen LogP contribution in [0.15, 0.2) is 24.3 Å². The largest absolute Gasteiger partial charge is 0.481 e. The van der Waals surface area contributed by atoms with Gasteiger partial charge >= 0.3 is 5.97 Å². The number of hydrogen-bond acceptors (Lipinski definition) is 2. The number of benzene rings is 1. The minimum atomic E-state index is -0.788. The molecule has 1 rings (SSSR count). The molecule has 0 bridgehead atoms. The summed E-state index contributed by atoms with van der Waals surface area (Å²) in [7, 11) is 0. The second-order valence-electron chi connectivity index (χ2n) is 2.95. The molecule has 3 nitrogen and oxygen atoms in total. The second kappa shape index (κ2) is 7.51. The van der Waals surface area contributed by atoms with E-state index in [9.17, 15) is 4.79 Å². The number of halogens is 2. The molecule has 1 aromatic carbocycles. The quantitative estimate of drug-likeness (QED) is 0.788. The standard InChI is InChI=1S/C10H12ClNO2.ClH/c11-9-3-1-2-8(6-9)7-12-5-4-10(13)14;/h1-3,6,12H,4-5,7H2,(H,13,14);1H. The first kappa shape index (κ1) is 14.2. The topological polar surface area (TPSA) is 49.3 Å². The van der Waals surface area contributed by atoms with Crippen LogP contribution in [-0.2, 0) is 11.3 Å². The second-order valence-corrected chi connectivity index (χ2v) is 3.39. The molecule has 0 aliphatic rings. The number of hydrogen-bond donors (Lipinski definition) is 2. The molecule has 0 heterocycles. The Balaban J connectivity index is 0.00000196. The lowest BCUT2D eigenvalue weighted by Gasteiger charge is -2.03. The third-order valence-electron chi connectivity index (χ3n) is 1.73. The van der Waals surface area contributed by atoms with Gasteiger partial charge in [-0.15, -0.1) is 12.4 Å². The van der Waals surface area contributed by atoms with E-state index >= 15 is 0 Å². The van der Waals surface area contributed by atoms with Gasteiger partial charge in [0.05, 0.1) is 6.42 Å². The Morgan fingerprint density at radius 3 is 2.80 bits per heavy atom. The molecule has 0 saturated carbocycles. The molecule has 0 fully saturated rings. The van der Waals surface area contributed by atoms with Crippen molar-refractivity contribution in [3.05, 3.63) is 34.9 Å². The molecular formula is C10H13Cl2NO2. The summed E-state index contributed by atoms with van der Waals surface area (Å²) in [6, 6.07) is 7.48. The van der Waals surface area contributed by atoms with E-state index in [1.54, 1.807) is 0 Å². The average Bonchev–Trinajstić information content (AvgIpc) is 2.12. The van der Waals surface area contributed by atoms with Gasteiger partial charge in [0.15, 0.2) is 0 Å². The van der Waals surface area contributed by atoms with Crippen LogP contribution < -0.4 is 5.32 Å². The van der Waals surface area contributed by atoms with Crippen molar-refractivity contribution in [3.8, 4) is 0 Å². The van der Waals surface area contributed by atoms with Crippen molar-refractivity contribution in [1.29, 1.82) is 0 Å². The summed E-state index contributed by atoms with van der Waals surface area (Å²) >= 11 is 5.79. The Kier molecular flexibility index (Phi) is 7.13. The highest BCUT2D eigenvalue weighted by Crippen LogP contribution is 2.09. The zero-order valence-electron chi connectivity index (χ0n) is 8.07. The molecule has 0 saturated heterocycles. The lowest BCUT2D eigenvalue weighted by molar-refractivity contribution is -0.136. The lowest BCUT2D eigenvalue weighted by atomic mass is 10.2. The first-order valence-corrected chi connectivity index (χ1v) is 4.73. The van der Waals surface area contributed by atoms with Crippen molar-refractivity contribution in [2.45, 2.75) is 13.0 Å². The summed E-state index contributed by atoms with van der Waals surface area (Å²) in [5.74, 6) is -0.788. The van der Waals surface area contributed by atoms with E-state index in [4.69, 9.17) is 16.7 Å². The van der Waals surface area contributed by atoms with Crippen LogP contribution in [0.1, 0.15) is 12.0 Å². The number of nitrogens with one attached hydrogen (secondary N) is 1. The Hall–Kier alpha value is -0.770. The molecule has 1 aromatic rings. The van der Waals surface area contributed by atoms with Gasteiger partial charge in [-0.25, -0.2) is 0 Å². The molecule has 0 aliphatic carbocycles. The molecule has 0 radical (unpaired) electrons. The third kappa shape index (κ3) is 6.33. The summed E-state index contributed by atoms with van der Waals surface area (Å²) < 4.78 is 0. The van der Waals surface area contributed by atoms with Gasteiger partial charge in [0.1, 0.15) is 0 Å². The monoisotopic (exact) mass is 249 g/mol. The van der Waals surface area contributed by atoms with Crippen molar-refractivity contribution in [2.75, 3.05) is 6.54 Å². The molecule has 2 N–H and O–H groups in total. The van der Waals surface area contributed by atoms with Gasteiger partial charge < -0.3 is 10.4 Å². The van der Waals surface area contributed by atoms with Crippen molar-refractivity contribution >= 4 is 30.0 Å². The first-order valence-electron chi connectivity index (χ1n) is 4.35. The maximum Gasteiger partial charge on any atom is 0.304 e. The van der Waals surface area contributed by atoms with Crippen molar-refractivity contribution < 1.29 is 9.90 Å². The van der Waals surface area contributed by atoms with Gasteiger partial charge in [-0.1, -0.05) is 23.7 Å². The van der Waals surface area contributed by atoms with Crippen molar-refractivity contribution in [2.24, 2.45) is 0 Å². The van der Waals surface area contributed by atoms with Crippen LogP contribution in [0.2, 0.25) is 5.02 Å². The Morgan fingerprint density at radius 2 is 2.20 bits per heavy atom. The van der Waals surface area contributed by atoms with E-state index in [-0.39, 0.29) is 18.8 Å². The summed E-state index contributed by atoms with van der Waals surface area (Å²) in [4.78, 5) is 10.2. The van der Waals surface area contributed by atoms with E-state index in [0.29, 0.717) is 18.1 Å². The Bertz CT molecular complexity index is 318. The zero-order valence-corrected chi connectivity index (χ0v) is 9.64. The Morgan fingerprint density at radius 1 is 1.47 bits per heavy atom. The van der Waals surface area contributed by atoms with E-state index < -0.39 is 5.97 Å². The molecule has 5 heteroatoms. The highest BCUT2D eigenvalue weighted by molar-refractivity contribution is 6.30. The lowest BCUT2D eigenvalue weighted by Crippen LogP contribution is -2.17. The third-order valence-corrected chi connectivity index (χ3v) is 1.97. The molecule has 0 aromatic heterocycles. The van der Waals surface area contributed by atoms with Crippen LogP contribution in [0.25, 0.3) is 0 Å². The van der Waals surface area contributed by atoms with Crippen molar-refractivity contribution in [1.82, 2.24) is 5.32 Å². The summed E-state index contributed by atoms with van der Waals surface area (Å²) in [5.41, 5.74) is 1.06. The molecule has 0 amide bonds. The van der Waals surface area contributed by atoms with Gasteiger partial charge in [0.25, 0.3) is 0 Å². The van der Waals surface area contributed by atoms with E-state index in [1.807, 2.05) is 24.3 Å². The van der Waals surface area contributed by atoms with Gasteiger partial charge in [0, 0.05) is 18.1 Å². The summed E-state index contributed by atoms with van der Waals surface area (Å²) in [6.45, 7) is 1.12. The van der Waals surface area contributed by atoms with Crippen LogP contribution in [0.4, 0.5) is 0 Å². The minimum Gasteiger partial charge on any atom is -0.481 e. The number of carbonyl (C=O) groups is 1. The smallest absolute Gasteiger partial charge is 0.304 e. The number of carboxylic acid groups (broad SMARTS) is 1. The summed E-state index contributed by atoms with van der Waals surface area (Å²) in [5, 5.41) is 12.1. The highest BCUT2D eigenvalue weighted by atomic mass is 35.5. The molecule has 0 unspecified atom stereocenters. The summed E-state index contributed by atoms with van der Waals surface area (Å²) in [6.07, 6.45) is 0.139. The van der Waals surface area contributed by atoms with Gasteiger partial charge in [-0.05, 0) is 17.7 Å². The Labute approximate surface area is 99.9 Å². The normalized spacial score (nSPS) is 9.40. The maximum atomic E-state index is 10.2. The number of aliphatic carboxylic acids is 1. The zero-order chi connectivity index (χ0) is 10.4. The van der Waals surface area contributed by atoms with E-state index in [2.05, 4.69) is 5.32 Å². The van der Waals surface area contributed by atoms with Crippen LogP contribution in [0.3, 0.4) is 0 Å². The molecule has 15 heavy (non-hydrogen) atoms. The minimum absolute atomic E-state index is 0. The highest BCUT2D eigenvalue weighted by Gasteiger charge is 1.96. The van der Waals surface area contributed by atoms with E-state index in [0.717, 1.165) is 5.56 Å². The number of rotatable bonds is 5. The van der Waals surface area contributed by atoms with Crippen molar-refractivity contribution in [3.63, 3.8) is 0 Å². The van der Waals surface area contributed by atoms with Gasteiger partial charge in [-0.2, -0.15) is 0 Å². The predicted molar refractivity (Wildman–Crippen MR) is 62.7 cm³/mol. The first-order chi connectivity index (χ1) is 6.68. The van der Waals surface area contributed by atoms with Gasteiger partial charge in [0.2, 0.25) is 0 Å². The number of carboxylic acids is 1. The van der Waals surface area contributed by atoms with E-state index in [1.165, 1.54) is 0 Å². The molecular weight excluding hydrogens is 237 g/mol. The van der Waals surface area contributed by atoms with Gasteiger partial charge in [-0.3, -0.25) is 4.79 Å². The van der Waals surface area contributed by atoms with Crippen LogP contribution in [0, 0.1) is 0 Å². The molecule has 0 spiro atoms. The van der Waals surface area contributed by atoms with Crippen LogP contribution in [-0.4, -0.2) is 17.6 Å². The maximum absolute atomic E-state index is 10.2. The fourth-order valence-corrected chi connectivity index (χ4v) is 1.29.